The molecule has 0 saturated heterocycles. The lowest BCUT2D eigenvalue weighted by atomic mass is 10.1. The number of carbonyl (C=O) groups is 1. The molecule has 0 fully saturated rings. The first-order chi connectivity index (χ1) is 12.1. The van der Waals surface area contributed by atoms with Crippen molar-refractivity contribution in [2.45, 2.75) is 19.4 Å². The van der Waals surface area contributed by atoms with Gasteiger partial charge < -0.3 is 10.4 Å². The Bertz CT molecular complexity index is 892. The van der Waals surface area contributed by atoms with Gasteiger partial charge in [-0.15, -0.1) is 0 Å². The number of pyridine rings is 1. The van der Waals surface area contributed by atoms with E-state index in [-0.39, 0.29) is 11.6 Å². The van der Waals surface area contributed by atoms with Crippen molar-refractivity contribution in [1.82, 2.24) is 24.7 Å². The molecule has 3 rings (SSSR count). The number of aromatic carboxylic acids is 1. The minimum absolute atomic E-state index is 0.0149. The SMILES string of the molecule is CC[C@H](Nc1nccc(-c2cc(C(=O)O)ccn2)n1)c1ccnn1C. The van der Waals surface area contributed by atoms with E-state index in [0.717, 1.165) is 12.1 Å². The second kappa shape index (κ2) is 7.08. The summed E-state index contributed by atoms with van der Waals surface area (Å²) in [5, 5.41) is 16.6. The number of aryl methyl sites for hydroxylation is 1. The molecule has 3 heterocycles. The highest BCUT2D eigenvalue weighted by atomic mass is 16.4. The fraction of sp³-hybridized carbons (Fsp3) is 0.235. The zero-order chi connectivity index (χ0) is 17.8. The Kier molecular flexibility index (Phi) is 4.69. The standard InChI is InChI=1S/C17H18N6O2/c1-3-12(15-6-9-20-23(15)2)21-17-19-8-5-13(22-17)14-10-11(16(24)25)4-7-18-14/h4-10,12H,3H2,1-2H3,(H,24,25)(H,19,21,22)/t12-/m0/s1. The highest BCUT2D eigenvalue weighted by molar-refractivity contribution is 5.88. The zero-order valence-corrected chi connectivity index (χ0v) is 13.9. The van der Waals surface area contributed by atoms with Gasteiger partial charge in [-0.2, -0.15) is 5.10 Å². The highest BCUT2D eigenvalue weighted by Gasteiger charge is 2.15. The minimum Gasteiger partial charge on any atom is -0.478 e. The lowest BCUT2D eigenvalue weighted by Gasteiger charge is -2.17. The highest BCUT2D eigenvalue weighted by Crippen LogP contribution is 2.22. The average molecular weight is 338 g/mol. The van der Waals surface area contributed by atoms with E-state index in [0.29, 0.717) is 17.3 Å². The molecule has 8 nitrogen and oxygen atoms in total. The van der Waals surface area contributed by atoms with Crippen LogP contribution in [0.2, 0.25) is 0 Å². The molecule has 0 radical (unpaired) electrons. The number of hydrogen-bond acceptors (Lipinski definition) is 6. The Morgan fingerprint density at radius 2 is 2.00 bits per heavy atom. The summed E-state index contributed by atoms with van der Waals surface area (Å²) in [5.74, 6) is -0.550. The number of nitrogens with one attached hydrogen (secondary N) is 1. The second-order valence-electron chi connectivity index (χ2n) is 5.49. The lowest BCUT2D eigenvalue weighted by molar-refractivity contribution is 0.0697. The smallest absolute Gasteiger partial charge is 0.335 e. The first kappa shape index (κ1) is 16.6. The Hall–Kier alpha value is -3.29. The van der Waals surface area contributed by atoms with Crippen LogP contribution in [-0.4, -0.2) is 35.8 Å². The normalized spacial score (nSPS) is 11.9. The first-order valence-corrected chi connectivity index (χ1v) is 7.85. The molecule has 0 aromatic carbocycles. The van der Waals surface area contributed by atoms with E-state index in [4.69, 9.17) is 5.11 Å². The molecule has 8 heteroatoms. The van der Waals surface area contributed by atoms with Crippen LogP contribution < -0.4 is 5.32 Å². The van der Waals surface area contributed by atoms with Crippen LogP contribution in [0.4, 0.5) is 5.95 Å². The van der Waals surface area contributed by atoms with Crippen LogP contribution in [0.15, 0.2) is 42.9 Å². The summed E-state index contributed by atoms with van der Waals surface area (Å²) < 4.78 is 1.81. The molecule has 0 aliphatic carbocycles. The Balaban J connectivity index is 1.88. The fourth-order valence-corrected chi connectivity index (χ4v) is 2.54. The fourth-order valence-electron chi connectivity index (χ4n) is 2.54. The van der Waals surface area contributed by atoms with Gasteiger partial charge >= 0.3 is 5.97 Å². The molecule has 25 heavy (non-hydrogen) atoms. The van der Waals surface area contributed by atoms with Crippen molar-refractivity contribution >= 4 is 11.9 Å². The molecular formula is C17H18N6O2. The Morgan fingerprint density at radius 1 is 1.20 bits per heavy atom. The van der Waals surface area contributed by atoms with Gasteiger partial charge in [-0.25, -0.2) is 14.8 Å². The van der Waals surface area contributed by atoms with Crippen molar-refractivity contribution in [3.05, 3.63) is 54.1 Å². The zero-order valence-electron chi connectivity index (χ0n) is 13.9. The van der Waals surface area contributed by atoms with Crippen molar-refractivity contribution in [2.75, 3.05) is 5.32 Å². The second-order valence-corrected chi connectivity index (χ2v) is 5.49. The summed E-state index contributed by atoms with van der Waals surface area (Å²) in [7, 11) is 1.89. The molecule has 0 aliphatic rings. The number of hydrogen-bond donors (Lipinski definition) is 2. The van der Waals surface area contributed by atoms with Gasteiger partial charge in [-0.1, -0.05) is 6.92 Å². The van der Waals surface area contributed by atoms with Gasteiger partial charge in [0, 0.05) is 25.6 Å². The topological polar surface area (TPSA) is 106 Å². The molecule has 0 spiro atoms. The predicted molar refractivity (Wildman–Crippen MR) is 92.1 cm³/mol. The van der Waals surface area contributed by atoms with Crippen LogP contribution in [-0.2, 0) is 7.05 Å². The van der Waals surface area contributed by atoms with Crippen molar-refractivity contribution in [1.29, 1.82) is 0 Å². The van der Waals surface area contributed by atoms with Crippen LogP contribution in [0.25, 0.3) is 11.4 Å². The number of anilines is 1. The van der Waals surface area contributed by atoms with Crippen molar-refractivity contribution < 1.29 is 9.90 Å². The summed E-state index contributed by atoms with van der Waals surface area (Å²) in [4.78, 5) is 24.0. The van der Waals surface area contributed by atoms with Crippen LogP contribution in [0.1, 0.15) is 35.4 Å². The number of nitrogens with zero attached hydrogens (tertiary/aromatic N) is 5. The van der Waals surface area contributed by atoms with Crippen LogP contribution in [0, 0.1) is 0 Å². The number of rotatable bonds is 6. The van der Waals surface area contributed by atoms with E-state index < -0.39 is 5.97 Å². The van der Waals surface area contributed by atoms with Gasteiger partial charge in [-0.3, -0.25) is 9.67 Å². The third kappa shape index (κ3) is 3.63. The molecule has 0 unspecified atom stereocenters. The maximum atomic E-state index is 11.1. The maximum Gasteiger partial charge on any atom is 0.335 e. The van der Waals surface area contributed by atoms with Gasteiger partial charge in [0.1, 0.15) is 0 Å². The molecule has 0 amide bonds. The monoisotopic (exact) mass is 338 g/mol. The van der Waals surface area contributed by atoms with Gasteiger partial charge in [0.25, 0.3) is 0 Å². The van der Waals surface area contributed by atoms with E-state index in [1.807, 2.05) is 17.8 Å². The molecule has 3 aromatic heterocycles. The Morgan fingerprint density at radius 3 is 2.68 bits per heavy atom. The Labute approximate surface area is 144 Å². The first-order valence-electron chi connectivity index (χ1n) is 7.85. The summed E-state index contributed by atoms with van der Waals surface area (Å²) in [5.41, 5.74) is 2.24. The number of aromatic nitrogens is 5. The van der Waals surface area contributed by atoms with Crippen LogP contribution in [0.5, 0.6) is 0 Å². The molecular weight excluding hydrogens is 320 g/mol. The molecule has 128 valence electrons. The van der Waals surface area contributed by atoms with E-state index in [9.17, 15) is 4.79 Å². The number of carboxylic acid groups (broad SMARTS) is 1. The van der Waals surface area contributed by atoms with Crippen LogP contribution >= 0.6 is 0 Å². The molecule has 0 saturated carbocycles. The summed E-state index contributed by atoms with van der Waals surface area (Å²) in [6.07, 6.45) is 5.66. The van der Waals surface area contributed by atoms with Crippen molar-refractivity contribution in [3.63, 3.8) is 0 Å². The summed E-state index contributed by atoms with van der Waals surface area (Å²) in [6.45, 7) is 2.06. The number of carboxylic acids is 1. The largest absolute Gasteiger partial charge is 0.478 e. The van der Waals surface area contributed by atoms with Gasteiger partial charge in [0.15, 0.2) is 0 Å². The average Bonchev–Trinajstić information content (AvgIpc) is 3.06. The lowest BCUT2D eigenvalue weighted by Crippen LogP contribution is -2.15. The van der Waals surface area contributed by atoms with Crippen LogP contribution in [0.3, 0.4) is 0 Å². The van der Waals surface area contributed by atoms with E-state index >= 15 is 0 Å². The van der Waals surface area contributed by atoms with Crippen molar-refractivity contribution in [3.8, 4) is 11.4 Å². The third-order valence-electron chi connectivity index (χ3n) is 3.85. The van der Waals surface area contributed by atoms with E-state index in [2.05, 4.69) is 32.3 Å². The van der Waals surface area contributed by atoms with Gasteiger partial charge in [-0.05, 0) is 30.7 Å². The predicted octanol–water partition coefficient (Wildman–Crippen LogP) is 2.53. The molecule has 0 bridgehead atoms. The molecule has 3 aromatic rings. The molecule has 1 atom stereocenters. The maximum absolute atomic E-state index is 11.1. The molecule has 0 aliphatic heterocycles. The quantitative estimate of drug-likeness (QED) is 0.711. The van der Waals surface area contributed by atoms with E-state index in [1.165, 1.54) is 18.3 Å². The summed E-state index contributed by atoms with van der Waals surface area (Å²) in [6, 6.07) is 6.60. The van der Waals surface area contributed by atoms with Crippen molar-refractivity contribution in [2.24, 2.45) is 7.05 Å². The third-order valence-corrected chi connectivity index (χ3v) is 3.85. The van der Waals surface area contributed by atoms with Gasteiger partial charge in [0.2, 0.25) is 5.95 Å². The minimum atomic E-state index is -1.00. The van der Waals surface area contributed by atoms with E-state index in [1.54, 1.807) is 18.5 Å². The molecule has 2 N–H and O–H groups in total. The van der Waals surface area contributed by atoms with Gasteiger partial charge in [0.05, 0.1) is 28.7 Å². The summed E-state index contributed by atoms with van der Waals surface area (Å²) >= 11 is 0.